The van der Waals surface area contributed by atoms with Crippen LogP contribution < -0.4 is 4.90 Å². The zero-order valence-corrected chi connectivity index (χ0v) is 8.74. The topological polar surface area (TPSA) is 44.1 Å². The molecule has 1 atom stereocenters. The number of carbonyl (C=O) groups excluding carboxylic acids is 1. The summed E-state index contributed by atoms with van der Waals surface area (Å²) in [6.07, 6.45) is 0.319. The lowest BCUT2D eigenvalue weighted by molar-refractivity contribution is -0.117. The fourth-order valence-electron chi connectivity index (χ4n) is 1.66. The van der Waals surface area contributed by atoms with Gasteiger partial charge in [0.05, 0.1) is 12.0 Å². The summed E-state index contributed by atoms with van der Waals surface area (Å²) in [7, 11) is 0. The highest BCUT2D eigenvalue weighted by Crippen LogP contribution is 2.25. The van der Waals surface area contributed by atoms with Gasteiger partial charge in [-0.1, -0.05) is 11.6 Å². The van der Waals surface area contributed by atoms with Crippen LogP contribution >= 0.6 is 11.6 Å². The second-order valence-electron chi connectivity index (χ2n) is 3.51. The molecular formula is C11H9ClN2O. The van der Waals surface area contributed by atoms with Crippen molar-refractivity contribution in [1.82, 2.24) is 0 Å². The Morgan fingerprint density at radius 1 is 1.40 bits per heavy atom. The summed E-state index contributed by atoms with van der Waals surface area (Å²) in [6, 6.07) is 9.18. The minimum Gasteiger partial charge on any atom is -0.311 e. The minimum atomic E-state index is -0.187. The number of halogens is 1. The number of nitrogens with zero attached hydrogens (tertiary/aromatic N) is 2. The van der Waals surface area contributed by atoms with Crippen LogP contribution in [0.4, 0.5) is 5.69 Å². The molecule has 76 valence electrons. The first kappa shape index (κ1) is 10.0. The number of benzene rings is 1. The van der Waals surface area contributed by atoms with E-state index in [9.17, 15) is 4.79 Å². The molecule has 0 saturated carbocycles. The van der Waals surface area contributed by atoms with Gasteiger partial charge in [-0.15, -0.1) is 0 Å². The summed E-state index contributed by atoms with van der Waals surface area (Å²) in [5.41, 5.74) is 0.808. The van der Waals surface area contributed by atoms with Crippen LogP contribution in [0.25, 0.3) is 0 Å². The van der Waals surface area contributed by atoms with Crippen molar-refractivity contribution in [2.75, 3.05) is 11.4 Å². The van der Waals surface area contributed by atoms with E-state index in [1.807, 2.05) is 0 Å². The SMILES string of the molecule is N#C[C@H]1CC(=O)N(c2ccc(Cl)cc2)C1. The van der Waals surface area contributed by atoms with Gasteiger partial charge in [0.25, 0.3) is 0 Å². The molecule has 1 aromatic carbocycles. The summed E-state index contributed by atoms with van der Waals surface area (Å²) >= 11 is 5.75. The van der Waals surface area contributed by atoms with Gasteiger partial charge in [-0.25, -0.2) is 0 Å². The van der Waals surface area contributed by atoms with Gasteiger partial charge in [-0.3, -0.25) is 4.79 Å². The standard InChI is InChI=1S/C11H9ClN2O/c12-9-1-3-10(4-2-9)14-7-8(6-13)5-11(14)15/h1-4,8H,5,7H2/t8-/m1/s1. The average Bonchev–Trinajstić information content (AvgIpc) is 2.61. The zero-order chi connectivity index (χ0) is 10.8. The number of hydrogen-bond donors (Lipinski definition) is 0. The Hall–Kier alpha value is -1.53. The van der Waals surface area contributed by atoms with Gasteiger partial charge in [0, 0.05) is 23.7 Å². The number of rotatable bonds is 1. The quantitative estimate of drug-likeness (QED) is 0.729. The van der Waals surface area contributed by atoms with Crippen LogP contribution in [0.15, 0.2) is 24.3 Å². The molecule has 0 bridgehead atoms. The maximum atomic E-state index is 11.6. The van der Waals surface area contributed by atoms with E-state index in [0.29, 0.717) is 18.0 Å². The summed E-state index contributed by atoms with van der Waals surface area (Å²) in [4.78, 5) is 13.2. The van der Waals surface area contributed by atoms with Gasteiger partial charge in [-0.2, -0.15) is 5.26 Å². The van der Waals surface area contributed by atoms with E-state index in [1.165, 1.54) is 0 Å². The molecule has 1 fully saturated rings. The van der Waals surface area contributed by atoms with Gasteiger partial charge >= 0.3 is 0 Å². The van der Waals surface area contributed by atoms with E-state index < -0.39 is 0 Å². The van der Waals surface area contributed by atoms with Crippen molar-refractivity contribution in [3.63, 3.8) is 0 Å². The fourth-order valence-corrected chi connectivity index (χ4v) is 1.79. The molecule has 1 aliphatic heterocycles. The molecule has 1 aliphatic rings. The molecule has 1 heterocycles. The first-order chi connectivity index (χ1) is 7.20. The van der Waals surface area contributed by atoms with Crippen molar-refractivity contribution in [1.29, 1.82) is 5.26 Å². The van der Waals surface area contributed by atoms with Crippen LogP contribution in [0.1, 0.15) is 6.42 Å². The van der Waals surface area contributed by atoms with Gasteiger partial charge < -0.3 is 4.90 Å². The molecule has 0 radical (unpaired) electrons. The van der Waals surface area contributed by atoms with E-state index >= 15 is 0 Å². The second kappa shape index (κ2) is 3.92. The van der Waals surface area contributed by atoms with E-state index in [0.717, 1.165) is 5.69 Å². The lowest BCUT2D eigenvalue weighted by Gasteiger charge is -2.15. The van der Waals surface area contributed by atoms with Crippen LogP contribution in [-0.2, 0) is 4.79 Å². The predicted molar refractivity (Wildman–Crippen MR) is 57.5 cm³/mol. The molecule has 4 heteroatoms. The van der Waals surface area contributed by atoms with Crippen molar-refractivity contribution in [2.45, 2.75) is 6.42 Å². The maximum absolute atomic E-state index is 11.6. The third kappa shape index (κ3) is 1.95. The maximum Gasteiger partial charge on any atom is 0.228 e. The fraction of sp³-hybridized carbons (Fsp3) is 0.273. The first-order valence-electron chi connectivity index (χ1n) is 4.66. The van der Waals surface area contributed by atoms with E-state index in [2.05, 4.69) is 6.07 Å². The van der Waals surface area contributed by atoms with E-state index in [-0.39, 0.29) is 11.8 Å². The number of anilines is 1. The molecule has 0 aromatic heterocycles. The molecule has 1 amide bonds. The van der Waals surface area contributed by atoms with Gasteiger partial charge in [0.1, 0.15) is 0 Å². The lowest BCUT2D eigenvalue weighted by atomic mass is 10.1. The van der Waals surface area contributed by atoms with Crippen LogP contribution in [0, 0.1) is 17.2 Å². The lowest BCUT2D eigenvalue weighted by Crippen LogP contribution is -2.24. The van der Waals surface area contributed by atoms with E-state index in [1.54, 1.807) is 29.2 Å². The first-order valence-corrected chi connectivity index (χ1v) is 5.04. The molecule has 15 heavy (non-hydrogen) atoms. The van der Waals surface area contributed by atoms with Crippen molar-refractivity contribution in [3.8, 4) is 6.07 Å². The van der Waals surface area contributed by atoms with Crippen LogP contribution in [0.3, 0.4) is 0 Å². The van der Waals surface area contributed by atoms with Crippen molar-refractivity contribution in [2.24, 2.45) is 5.92 Å². The number of amides is 1. The van der Waals surface area contributed by atoms with Gasteiger partial charge in [-0.05, 0) is 24.3 Å². The summed E-state index contributed by atoms with van der Waals surface area (Å²) < 4.78 is 0. The molecule has 0 aliphatic carbocycles. The zero-order valence-electron chi connectivity index (χ0n) is 7.98. The smallest absolute Gasteiger partial charge is 0.228 e. The molecule has 1 saturated heterocycles. The molecule has 0 spiro atoms. The summed E-state index contributed by atoms with van der Waals surface area (Å²) in [5, 5.41) is 9.38. The highest BCUT2D eigenvalue weighted by Gasteiger charge is 2.30. The van der Waals surface area contributed by atoms with Gasteiger partial charge in [0.2, 0.25) is 5.91 Å². The molecule has 0 unspecified atom stereocenters. The highest BCUT2D eigenvalue weighted by molar-refractivity contribution is 6.30. The van der Waals surface area contributed by atoms with Crippen molar-refractivity contribution < 1.29 is 4.79 Å². The minimum absolute atomic E-state index is 0.00359. The molecular weight excluding hydrogens is 212 g/mol. The third-order valence-electron chi connectivity index (χ3n) is 2.45. The predicted octanol–water partition coefficient (Wildman–Crippen LogP) is 2.22. The molecule has 1 aromatic rings. The number of hydrogen-bond acceptors (Lipinski definition) is 2. The van der Waals surface area contributed by atoms with Crippen LogP contribution in [0.5, 0.6) is 0 Å². The van der Waals surface area contributed by atoms with Crippen molar-refractivity contribution >= 4 is 23.2 Å². The normalized spacial score (nSPS) is 20.4. The van der Waals surface area contributed by atoms with Crippen LogP contribution in [0.2, 0.25) is 5.02 Å². The Kier molecular flexibility index (Phi) is 2.61. The van der Waals surface area contributed by atoms with E-state index in [4.69, 9.17) is 16.9 Å². The van der Waals surface area contributed by atoms with Gasteiger partial charge in [0.15, 0.2) is 0 Å². The molecule has 3 nitrogen and oxygen atoms in total. The third-order valence-corrected chi connectivity index (χ3v) is 2.70. The Labute approximate surface area is 92.9 Å². The van der Waals surface area contributed by atoms with Crippen molar-refractivity contribution in [3.05, 3.63) is 29.3 Å². The highest BCUT2D eigenvalue weighted by atomic mass is 35.5. The largest absolute Gasteiger partial charge is 0.311 e. The Morgan fingerprint density at radius 3 is 2.60 bits per heavy atom. The summed E-state index contributed by atoms with van der Waals surface area (Å²) in [6.45, 7) is 0.483. The molecule has 2 rings (SSSR count). The monoisotopic (exact) mass is 220 g/mol. The Bertz CT molecular complexity index is 421. The Balaban J connectivity index is 2.22. The Morgan fingerprint density at radius 2 is 2.07 bits per heavy atom. The number of nitriles is 1. The summed E-state index contributed by atoms with van der Waals surface area (Å²) in [5.74, 6) is -0.183. The average molecular weight is 221 g/mol. The van der Waals surface area contributed by atoms with Crippen LogP contribution in [-0.4, -0.2) is 12.5 Å². The molecule has 0 N–H and O–H groups in total. The number of carbonyl (C=O) groups is 1. The second-order valence-corrected chi connectivity index (χ2v) is 3.95.